The van der Waals surface area contributed by atoms with Gasteiger partial charge in [0.2, 0.25) is 0 Å². The molecule has 1 amide bonds. The van der Waals surface area contributed by atoms with Gasteiger partial charge in [-0.25, -0.2) is 5.01 Å². The molecule has 130 valence electrons. The lowest BCUT2D eigenvalue weighted by Gasteiger charge is -2.15. The van der Waals surface area contributed by atoms with Gasteiger partial charge in [-0.15, -0.1) is 0 Å². The van der Waals surface area contributed by atoms with Crippen LogP contribution in [0.25, 0.3) is 6.08 Å². The molecule has 1 rings (SSSR count). The van der Waals surface area contributed by atoms with Crippen molar-refractivity contribution in [2.24, 2.45) is 5.10 Å². The number of allylic oxidation sites excluding steroid dienone is 2. The first kappa shape index (κ1) is 21.6. The second-order valence-electron chi connectivity index (χ2n) is 5.09. The molecule has 0 radical (unpaired) electrons. The first-order valence-electron chi connectivity index (χ1n) is 8.33. The Kier molecular flexibility index (Phi) is 10.8. The Morgan fingerprint density at radius 1 is 1.21 bits per heavy atom. The van der Waals surface area contributed by atoms with Gasteiger partial charge in [0.05, 0.1) is 6.54 Å². The van der Waals surface area contributed by atoms with Crippen LogP contribution in [0, 0.1) is 13.8 Å². The lowest BCUT2D eigenvalue weighted by molar-refractivity contribution is -0.125. The molecule has 0 aliphatic heterocycles. The fourth-order valence-electron chi connectivity index (χ4n) is 1.98. The van der Waals surface area contributed by atoms with E-state index in [9.17, 15) is 4.79 Å². The molecule has 0 aromatic heterocycles. The van der Waals surface area contributed by atoms with Crippen LogP contribution >= 0.6 is 0 Å². The molecule has 0 N–H and O–H groups in total. The molecule has 3 heteroatoms. The SMILES string of the molecule is C=NN(CC(=CC)/C=C\c1cc(C)ccc1C)C(=O)/C=C\C.CC. The van der Waals surface area contributed by atoms with Crippen LogP contribution in [0.3, 0.4) is 0 Å². The lowest BCUT2D eigenvalue weighted by atomic mass is 10.0. The summed E-state index contributed by atoms with van der Waals surface area (Å²) in [5, 5.41) is 5.14. The predicted octanol–water partition coefficient (Wildman–Crippen LogP) is 5.31. The van der Waals surface area contributed by atoms with Gasteiger partial charge in [-0.05, 0) is 44.4 Å². The fourth-order valence-corrected chi connectivity index (χ4v) is 1.98. The Labute approximate surface area is 147 Å². The molecular weight excluding hydrogens is 296 g/mol. The summed E-state index contributed by atoms with van der Waals surface area (Å²) in [6.45, 7) is 15.8. The molecule has 0 aliphatic carbocycles. The van der Waals surface area contributed by atoms with Gasteiger partial charge in [0, 0.05) is 12.8 Å². The summed E-state index contributed by atoms with van der Waals surface area (Å²) < 4.78 is 0. The van der Waals surface area contributed by atoms with Crippen molar-refractivity contribution in [2.75, 3.05) is 6.54 Å². The third kappa shape index (κ3) is 7.23. The number of amides is 1. The van der Waals surface area contributed by atoms with E-state index in [1.54, 1.807) is 13.0 Å². The summed E-state index contributed by atoms with van der Waals surface area (Å²) in [5.74, 6) is -0.169. The molecule has 0 fully saturated rings. The van der Waals surface area contributed by atoms with Crippen LogP contribution < -0.4 is 0 Å². The second kappa shape index (κ2) is 12.1. The number of benzene rings is 1. The van der Waals surface area contributed by atoms with Crippen LogP contribution in [0.15, 0.2) is 53.2 Å². The summed E-state index contributed by atoms with van der Waals surface area (Å²) in [4.78, 5) is 11.9. The number of rotatable bonds is 6. The number of carbonyl (C=O) groups is 1. The first-order valence-corrected chi connectivity index (χ1v) is 8.33. The number of hydrogen-bond acceptors (Lipinski definition) is 2. The Bertz CT molecular complexity index is 625. The van der Waals surface area contributed by atoms with Gasteiger partial charge in [0.15, 0.2) is 0 Å². The van der Waals surface area contributed by atoms with E-state index in [1.165, 1.54) is 27.8 Å². The molecular formula is C21H30N2O. The number of aryl methyl sites for hydroxylation is 2. The van der Waals surface area contributed by atoms with Crippen molar-refractivity contribution in [1.82, 2.24) is 5.01 Å². The molecule has 0 saturated heterocycles. The van der Waals surface area contributed by atoms with Crippen LogP contribution in [0.1, 0.15) is 44.4 Å². The zero-order chi connectivity index (χ0) is 18.5. The van der Waals surface area contributed by atoms with E-state index < -0.39 is 0 Å². The maximum Gasteiger partial charge on any atom is 0.266 e. The second-order valence-corrected chi connectivity index (χ2v) is 5.09. The van der Waals surface area contributed by atoms with E-state index >= 15 is 0 Å². The predicted molar refractivity (Wildman–Crippen MR) is 106 cm³/mol. The first-order chi connectivity index (χ1) is 11.5. The summed E-state index contributed by atoms with van der Waals surface area (Å²) in [6.07, 6.45) is 9.24. The fraction of sp³-hybridized carbons (Fsp3) is 0.333. The standard InChI is InChI=1S/C19H24N2O.C2H6/c1-6-8-19(22)21(20-5)14-17(7-2)11-12-18-13-15(3)9-10-16(18)4;1-2/h6-13H,5,14H2,1-4H3;1-2H3/b8-6-,12-11-,17-7?;. The highest BCUT2D eigenvalue weighted by molar-refractivity contribution is 5.87. The number of nitrogens with zero attached hydrogens (tertiary/aromatic N) is 2. The van der Waals surface area contributed by atoms with Crippen molar-refractivity contribution >= 4 is 18.7 Å². The van der Waals surface area contributed by atoms with E-state index in [0.29, 0.717) is 6.54 Å². The normalized spacial score (nSPS) is 11.3. The highest BCUT2D eigenvalue weighted by Gasteiger charge is 2.08. The summed E-state index contributed by atoms with van der Waals surface area (Å²) in [6, 6.07) is 6.35. The summed E-state index contributed by atoms with van der Waals surface area (Å²) in [7, 11) is 0. The van der Waals surface area contributed by atoms with Crippen LogP contribution in [0.5, 0.6) is 0 Å². The highest BCUT2D eigenvalue weighted by atomic mass is 16.2. The maximum absolute atomic E-state index is 11.9. The zero-order valence-corrected chi connectivity index (χ0v) is 15.8. The maximum atomic E-state index is 11.9. The van der Waals surface area contributed by atoms with Crippen molar-refractivity contribution < 1.29 is 4.79 Å². The molecule has 0 unspecified atom stereocenters. The van der Waals surface area contributed by atoms with Gasteiger partial charge >= 0.3 is 0 Å². The van der Waals surface area contributed by atoms with E-state index in [-0.39, 0.29) is 5.91 Å². The molecule has 1 aromatic carbocycles. The summed E-state index contributed by atoms with van der Waals surface area (Å²) in [5.41, 5.74) is 4.63. The molecule has 24 heavy (non-hydrogen) atoms. The monoisotopic (exact) mass is 326 g/mol. The average Bonchev–Trinajstić information content (AvgIpc) is 2.60. The minimum Gasteiger partial charge on any atom is -0.268 e. The molecule has 0 aliphatic rings. The van der Waals surface area contributed by atoms with E-state index in [0.717, 1.165) is 5.57 Å². The van der Waals surface area contributed by atoms with Crippen LogP contribution in [-0.2, 0) is 4.79 Å². The van der Waals surface area contributed by atoms with Gasteiger partial charge in [-0.1, -0.05) is 61.9 Å². The van der Waals surface area contributed by atoms with Crippen molar-refractivity contribution in [1.29, 1.82) is 0 Å². The quantitative estimate of drug-likeness (QED) is 0.302. The topological polar surface area (TPSA) is 32.7 Å². The van der Waals surface area contributed by atoms with Crippen LogP contribution in [-0.4, -0.2) is 24.2 Å². The van der Waals surface area contributed by atoms with Crippen molar-refractivity contribution in [2.45, 2.75) is 41.5 Å². The number of hydrazone groups is 1. The minimum atomic E-state index is -0.169. The number of hydrogen-bond donors (Lipinski definition) is 0. The van der Waals surface area contributed by atoms with Crippen LogP contribution in [0.2, 0.25) is 0 Å². The van der Waals surface area contributed by atoms with Crippen molar-refractivity contribution in [3.05, 3.63) is 64.8 Å². The van der Waals surface area contributed by atoms with Gasteiger partial charge < -0.3 is 0 Å². The van der Waals surface area contributed by atoms with Gasteiger partial charge in [0.1, 0.15) is 0 Å². The Morgan fingerprint density at radius 3 is 2.42 bits per heavy atom. The lowest BCUT2D eigenvalue weighted by Crippen LogP contribution is -2.25. The number of carbonyl (C=O) groups excluding carboxylic acids is 1. The Morgan fingerprint density at radius 2 is 1.88 bits per heavy atom. The molecule has 0 spiro atoms. The highest BCUT2D eigenvalue weighted by Crippen LogP contribution is 2.14. The molecule has 0 heterocycles. The Balaban J connectivity index is 0.00000254. The minimum absolute atomic E-state index is 0.169. The van der Waals surface area contributed by atoms with Crippen molar-refractivity contribution in [3.8, 4) is 0 Å². The third-order valence-electron chi connectivity index (χ3n) is 3.35. The molecule has 0 atom stereocenters. The van der Waals surface area contributed by atoms with Gasteiger partial charge in [-0.3, -0.25) is 4.79 Å². The summed E-state index contributed by atoms with van der Waals surface area (Å²) >= 11 is 0. The largest absolute Gasteiger partial charge is 0.268 e. The average molecular weight is 326 g/mol. The third-order valence-corrected chi connectivity index (χ3v) is 3.35. The molecule has 3 nitrogen and oxygen atoms in total. The van der Waals surface area contributed by atoms with E-state index in [2.05, 4.69) is 49.9 Å². The smallest absolute Gasteiger partial charge is 0.266 e. The molecule has 0 saturated carbocycles. The Hall–Kier alpha value is -2.42. The molecule has 0 bridgehead atoms. The molecule has 1 aromatic rings. The zero-order valence-electron chi connectivity index (χ0n) is 15.8. The van der Waals surface area contributed by atoms with Crippen LogP contribution in [0.4, 0.5) is 0 Å². The van der Waals surface area contributed by atoms with Crippen molar-refractivity contribution in [3.63, 3.8) is 0 Å². The van der Waals surface area contributed by atoms with Gasteiger partial charge in [-0.2, -0.15) is 5.10 Å². The van der Waals surface area contributed by atoms with E-state index in [1.807, 2.05) is 32.9 Å². The van der Waals surface area contributed by atoms with E-state index in [4.69, 9.17) is 0 Å². The van der Waals surface area contributed by atoms with Gasteiger partial charge in [0.25, 0.3) is 5.91 Å².